The number of rotatable bonds is 9. The standard InChI is InChI=1S/C20H27NO13/c1-9(22)30-8-14-16(31-10(2)23)17(32-11(3)24)18(33-12(4)25)19(34-14)21-13(20(27)29-6)7-15(26)28-5/h7,14,16-19,21H,8H2,1-6H3/b13-7-/t14-,16-,17+,18-,19-/m1/s1. The van der Waals surface area contributed by atoms with Crippen molar-refractivity contribution in [1.29, 1.82) is 0 Å². The molecule has 0 aliphatic carbocycles. The molecule has 34 heavy (non-hydrogen) atoms. The first-order valence-electron chi connectivity index (χ1n) is 9.84. The smallest absolute Gasteiger partial charge is 0.354 e. The number of methoxy groups -OCH3 is 2. The summed E-state index contributed by atoms with van der Waals surface area (Å²) in [4.78, 5) is 70.6. The number of ether oxygens (including phenoxy) is 7. The summed E-state index contributed by atoms with van der Waals surface area (Å²) >= 11 is 0. The van der Waals surface area contributed by atoms with E-state index < -0.39 is 78.8 Å². The Balaban J connectivity index is 3.53. The Hall–Kier alpha value is -3.68. The third-order valence-corrected chi connectivity index (χ3v) is 4.16. The summed E-state index contributed by atoms with van der Waals surface area (Å²) in [6.45, 7) is 3.85. The fraction of sp³-hybridized carbons (Fsp3) is 0.600. The van der Waals surface area contributed by atoms with Crippen LogP contribution in [0.15, 0.2) is 11.8 Å². The van der Waals surface area contributed by atoms with Crippen molar-refractivity contribution in [3.8, 4) is 0 Å². The SMILES string of the molecule is COC(=O)/C=C(\N[C@@H]1O[C@H](COC(C)=O)[C@@H](OC(C)=O)[C@H](OC(C)=O)[C@H]1OC(C)=O)C(=O)OC. The number of carbonyl (C=O) groups excluding carboxylic acids is 6. The lowest BCUT2D eigenvalue weighted by Gasteiger charge is -2.44. The van der Waals surface area contributed by atoms with Gasteiger partial charge in [-0.1, -0.05) is 0 Å². The summed E-state index contributed by atoms with van der Waals surface area (Å²) in [5, 5.41) is 2.54. The van der Waals surface area contributed by atoms with E-state index in [0.29, 0.717) is 0 Å². The first-order chi connectivity index (χ1) is 15.9. The van der Waals surface area contributed by atoms with Gasteiger partial charge in [-0.05, 0) is 0 Å². The van der Waals surface area contributed by atoms with Gasteiger partial charge in [0.25, 0.3) is 0 Å². The van der Waals surface area contributed by atoms with Gasteiger partial charge in [0.15, 0.2) is 24.5 Å². The highest BCUT2D eigenvalue weighted by atomic mass is 16.7. The Morgan fingerprint density at radius 1 is 0.765 bits per heavy atom. The van der Waals surface area contributed by atoms with E-state index in [-0.39, 0.29) is 0 Å². The third kappa shape index (κ3) is 8.69. The zero-order chi connectivity index (χ0) is 26.0. The van der Waals surface area contributed by atoms with Crippen LogP contribution in [0.25, 0.3) is 0 Å². The maximum Gasteiger partial charge on any atom is 0.354 e. The van der Waals surface area contributed by atoms with Gasteiger partial charge in [0.05, 0.1) is 20.3 Å². The van der Waals surface area contributed by atoms with E-state index in [2.05, 4.69) is 14.8 Å². The van der Waals surface area contributed by atoms with Crippen LogP contribution in [0.2, 0.25) is 0 Å². The van der Waals surface area contributed by atoms with Gasteiger partial charge in [-0.3, -0.25) is 19.2 Å². The third-order valence-electron chi connectivity index (χ3n) is 4.16. The molecule has 1 fully saturated rings. The zero-order valence-corrected chi connectivity index (χ0v) is 19.5. The molecule has 0 unspecified atom stereocenters. The van der Waals surface area contributed by atoms with Gasteiger partial charge in [0.1, 0.15) is 18.4 Å². The van der Waals surface area contributed by atoms with E-state index in [1.54, 1.807) is 0 Å². The van der Waals surface area contributed by atoms with Crippen molar-refractivity contribution >= 4 is 35.8 Å². The van der Waals surface area contributed by atoms with Crippen LogP contribution in [-0.4, -0.2) is 87.3 Å². The lowest BCUT2D eigenvalue weighted by molar-refractivity contribution is -0.256. The lowest BCUT2D eigenvalue weighted by atomic mass is 9.97. The minimum absolute atomic E-state index is 0.463. The summed E-state index contributed by atoms with van der Waals surface area (Å²) in [5.74, 6) is -5.11. The van der Waals surface area contributed by atoms with Crippen molar-refractivity contribution in [2.75, 3.05) is 20.8 Å². The number of hydrogen-bond donors (Lipinski definition) is 1. The average Bonchev–Trinajstić information content (AvgIpc) is 2.74. The Labute approximate surface area is 194 Å². The van der Waals surface area contributed by atoms with Gasteiger partial charge in [-0.15, -0.1) is 0 Å². The van der Waals surface area contributed by atoms with Gasteiger partial charge in [0.2, 0.25) is 0 Å². The summed E-state index contributed by atoms with van der Waals surface area (Å²) < 4.78 is 35.6. The van der Waals surface area contributed by atoms with E-state index in [4.69, 9.17) is 23.7 Å². The van der Waals surface area contributed by atoms with Crippen LogP contribution in [0.5, 0.6) is 0 Å². The molecule has 1 aliphatic rings. The highest BCUT2D eigenvalue weighted by molar-refractivity contribution is 5.95. The Bertz CT molecular complexity index is 836. The molecule has 14 heteroatoms. The molecule has 0 saturated carbocycles. The van der Waals surface area contributed by atoms with Crippen LogP contribution in [0.4, 0.5) is 0 Å². The molecule has 14 nitrogen and oxygen atoms in total. The van der Waals surface area contributed by atoms with Crippen molar-refractivity contribution in [1.82, 2.24) is 5.32 Å². The van der Waals surface area contributed by atoms with Crippen molar-refractivity contribution in [3.63, 3.8) is 0 Å². The average molecular weight is 489 g/mol. The molecular weight excluding hydrogens is 462 g/mol. The van der Waals surface area contributed by atoms with E-state index >= 15 is 0 Å². The van der Waals surface area contributed by atoms with Crippen LogP contribution >= 0.6 is 0 Å². The van der Waals surface area contributed by atoms with Gasteiger partial charge in [-0.2, -0.15) is 0 Å². The molecule has 0 aromatic carbocycles. The van der Waals surface area contributed by atoms with Gasteiger partial charge >= 0.3 is 35.8 Å². The molecule has 1 saturated heterocycles. The van der Waals surface area contributed by atoms with Crippen LogP contribution in [0, 0.1) is 0 Å². The van der Waals surface area contributed by atoms with Gasteiger partial charge in [0, 0.05) is 27.7 Å². The largest absolute Gasteiger partial charge is 0.466 e. The minimum atomic E-state index is -1.50. The Morgan fingerprint density at radius 2 is 1.29 bits per heavy atom. The highest BCUT2D eigenvalue weighted by Gasteiger charge is 2.52. The molecule has 0 spiro atoms. The van der Waals surface area contributed by atoms with Crippen LogP contribution in [0.1, 0.15) is 27.7 Å². The highest BCUT2D eigenvalue weighted by Crippen LogP contribution is 2.29. The number of hydrogen-bond acceptors (Lipinski definition) is 14. The molecule has 5 atom stereocenters. The zero-order valence-electron chi connectivity index (χ0n) is 19.5. The second kappa shape index (κ2) is 13.1. The molecule has 0 radical (unpaired) electrons. The predicted octanol–water partition coefficient (Wildman–Crippen LogP) is -1.11. The van der Waals surface area contributed by atoms with E-state index in [0.717, 1.165) is 48.0 Å². The fourth-order valence-electron chi connectivity index (χ4n) is 2.94. The maximum absolute atomic E-state index is 12.2. The van der Waals surface area contributed by atoms with Gasteiger partial charge in [-0.25, -0.2) is 9.59 Å². The quantitative estimate of drug-likeness (QED) is 0.234. The van der Waals surface area contributed by atoms with Crippen LogP contribution in [-0.2, 0) is 61.9 Å². The number of esters is 6. The Kier molecular flexibility index (Phi) is 10.9. The van der Waals surface area contributed by atoms with E-state index in [1.165, 1.54) is 0 Å². The van der Waals surface area contributed by atoms with Gasteiger partial charge < -0.3 is 38.5 Å². The molecule has 0 amide bonds. The molecule has 190 valence electrons. The first-order valence-corrected chi connectivity index (χ1v) is 9.84. The molecule has 0 bridgehead atoms. The number of nitrogens with one attached hydrogen (secondary N) is 1. The molecular formula is C20H27NO13. The predicted molar refractivity (Wildman–Crippen MR) is 107 cm³/mol. The minimum Gasteiger partial charge on any atom is -0.466 e. The lowest BCUT2D eigenvalue weighted by Crippen LogP contribution is -2.65. The second-order valence-corrected chi connectivity index (χ2v) is 6.84. The van der Waals surface area contributed by atoms with E-state index in [1.807, 2.05) is 0 Å². The van der Waals surface area contributed by atoms with Crippen molar-refractivity contribution < 1.29 is 61.9 Å². The summed E-state index contributed by atoms with van der Waals surface area (Å²) in [6, 6.07) is 0. The number of carbonyl (C=O) groups is 6. The van der Waals surface area contributed by atoms with E-state index in [9.17, 15) is 28.8 Å². The molecule has 1 aliphatic heterocycles. The molecule has 0 aromatic rings. The molecule has 0 aromatic heterocycles. The van der Waals surface area contributed by atoms with Crippen LogP contribution in [0.3, 0.4) is 0 Å². The summed E-state index contributed by atoms with van der Waals surface area (Å²) in [7, 11) is 2.12. The maximum atomic E-state index is 12.2. The topological polar surface area (TPSA) is 179 Å². The second-order valence-electron chi connectivity index (χ2n) is 6.84. The monoisotopic (exact) mass is 489 g/mol. The Morgan fingerprint density at radius 3 is 1.76 bits per heavy atom. The molecule has 1 heterocycles. The first kappa shape index (κ1) is 28.4. The fourth-order valence-corrected chi connectivity index (χ4v) is 2.94. The molecule has 1 rings (SSSR count). The summed E-state index contributed by atoms with van der Waals surface area (Å²) in [6.07, 6.45) is -6.32. The normalized spacial score (nSPS) is 24.2. The van der Waals surface area contributed by atoms with Crippen molar-refractivity contribution in [2.24, 2.45) is 0 Å². The van der Waals surface area contributed by atoms with Crippen molar-refractivity contribution in [3.05, 3.63) is 11.8 Å². The molecule has 1 N–H and O–H groups in total. The van der Waals surface area contributed by atoms with Crippen molar-refractivity contribution in [2.45, 2.75) is 58.3 Å². The van der Waals surface area contributed by atoms with Crippen LogP contribution < -0.4 is 5.32 Å². The summed E-state index contributed by atoms with van der Waals surface area (Å²) in [5.41, 5.74) is -0.463.